The fourth-order valence-corrected chi connectivity index (χ4v) is 2.65. The number of ether oxygens (including phenoxy) is 4. The molecule has 0 amide bonds. The zero-order valence-electron chi connectivity index (χ0n) is 11.7. The molecule has 1 fully saturated rings. The van der Waals surface area contributed by atoms with Crippen molar-refractivity contribution in [3.8, 4) is 0 Å². The van der Waals surface area contributed by atoms with Gasteiger partial charge in [0.2, 0.25) is 0 Å². The van der Waals surface area contributed by atoms with Crippen molar-refractivity contribution < 1.29 is 37.7 Å². The van der Waals surface area contributed by atoms with Crippen LogP contribution in [-0.4, -0.2) is 54.0 Å². The molecule has 0 N–H and O–H groups in total. The molecule has 0 saturated carbocycles. The summed E-state index contributed by atoms with van der Waals surface area (Å²) in [5.74, 6) is -2.03. The van der Waals surface area contributed by atoms with Gasteiger partial charge >= 0.3 is 17.9 Å². The third-order valence-corrected chi connectivity index (χ3v) is 3.37. The van der Waals surface area contributed by atoms with Gasteiger partial charge in [0.15, 0.2) is 23.3 Å². The van der Waals surface area contributed by atoms with Crippen molar-refractivity contribution in [3.63, 3.8) is 0 Å². The van der Waals surface area contributed by atoms with Crippen LogP contribution in [-0.2, 0) is 33.3 Å². The molecule has 120 valence electrons. The average Bonchev–Trinajstić information content (AvgIpc) is 2.35. The number of carbonyl (C=O) groups excluding carboxylic acids is 3. The Hall–Kier alpha value is -1.22. The molecule has 0 unspecified atom stereocenters. The minimum absolute atomic E-state index is 0.648. The predicted molar refractivity (Wildman–Crippen MR) is 70.2 cm³/mol. The van der Waals surface area contributed by atoms with Crippen molar-refractivity contribution >= 4 is 33.8 Å². The Morgan fingerprint density at radius 1 is 0.952 bits per heavy atom. The summed E-state index contributed by atoms with van der Waals surface area (Å²) < 4.78 is 33.4. The number of halogens is 2. The lowest BCUT2D eigenvalue weighted by Crippen LogP contribution is -2.60. The van der Waals surface area contributed by atoms with Gasteiger partial charge in [0.1, 0.15) is 12.8 Å². The summed E-state index contributed by atoms with van der Waals surface area (Å²) in [5.41, 5.74) is 0. The van der Waals surface area contributed by atoms with Crippen LogP contribution in [0.5, 0.6) is 0 Å². The molecule has 0 aliphatic carbocycles. The molecule has 9 heteroatoms. The first-order chi connectivity index (χ1) is 9.76. The number of esters is 3. The molecule has 1 saturated heterocycles. The highest BCUT2D eigenvalue weighted by Gasteiger charge is 2.50. The van der Waals surface area contributed by atoms with Crippen LogP contribution in [0.3, 0.4) is 0 Å². The van der Waals surface area contributed by atoms with Gasteiger partial charge in [0, 0.05) is 20.8 Å². The Kier molecular flexibility index (Phi) is 6.53. The van der Waals surface area contributed by atoms with E-state index in [0.717, 1.165) is 20.8 Å². The molecule has 1 heterocycles. The minimum atomic E-state index is -1.21. The van der Waals surface area contributed by atoms with Gasteiger partial charge in [-0.25, -0.2) is 4.39 Å². The van der Waals surface area contributed by atoms with Crippen molar-refractivity contribution in [2.45, 2.75) is 50.2 Å². The quantitative estimate of drug-likeness (QED) is 0.412. The van der Waals surface area contributed by atoms with Crippen molar-refractivity contribution in [1.82, 2.24) is 0 Å². The van der Waals surface area contributed by atoms with Crippen molar-refractivity contribution in [2.24, 2.45) is 0 Å². The van der Waals surface area contributed by atoms with E-state index in [4.69, 9.17) is 18.9 Å². The molecular formula is C12H16BrFO7. The highest BCUT2D eigenvalue weighted by Crippen LogP contribution is 2.31. The SMILES string of the molecule is CC(=O)O[C@@H]1[C@@H](OC(C)=O)[C@@H](Br)O[C@H](CF)[C@@H]1OC(C)=O. The predicted octanol–water partition coefficient (Wildman–Crippen LogP) is 0.871. The molecule has 1 rings (SSSR count). The van der Waals surface area contributed by atoms with Crippen molar-refractivity contribution in [3.05, 3.63) is 0 Å². The highest BCUT2D eigenvalue weighted by molar-refractivity contribution is 9.09. The van der Waals surface area contributed by atoms with E-state index < -0.39 is 54.0 Å². The molecule has 0 bridgehead atoms. The standard InChI is InChI=1S/C12H16BrFO7/c1-5(15)18-9-8(4-14)21-12(13)11(20-7(3)17)10(9)19-6(2)16/h8-12H,4H2,1-3H3/t8-,9+,10+,11-,12+/m1/s1. The van der Waals surface area contributed by atoms with Crippen molar-refractivity contribution in [1.29, 1.82) is 0 Å². The Balaban J connectivity index is 3.08. The highest BCUT2D eigenvalue weighted by atomic mass is 79.9. The average molecular weight is 371 g/mol. The lowest BCUT2D eigenvalue weighted by Gasteiger charge is -2.42. The summed E-state index contributed by atoms with van der Waals surface area (Å²) in [6.45, 7) is 2.46. The van der Waals surface area contributed by atoms with Gasteiger partial charge in [-0.3, -0.25) is 14.4 Å². The van der Waals surface area contributed by atoms with Gasteiger partial charge in [0.25, 0.3) is 0 Å². The topological polar surface area (TPSA) is 88.1 Å². The Labute approximate surface area is 129 Å². The van der Waals surface area contributed by atoms with Crippen LogP contribution >= 0.6 is 15.9 Å². The molecule has 5 atom stereocenters. The number of carbonyl (C=O) groups is 3. The molecule has 0 aromatic carbocycles. The lowest BCUT2D eigenvalue weighted by molar-refractivity contribution is -0.232. The third kappa shape index (κ3) is 4.92. The van der Waals surface area contributed by atoms with Gasteiger partial charge < -0.3 is 18.9 Å². The Morgan fingerprint density at radius 3 is 1.81 bits per heavy atom. The molecule has 1 aliphatic heterocycles. The van der Waals surface area contributed by atoms with E-state index in [2.05, 4.69) is 15.9 Å². The molecule has 0 radical (unpaired) electrons. The Bertz CT molecular complexity index is 416. The summed E-state index contributed by atoms with van der Waals surface area (Å²) in [4.78, 5) is 33.5. The van der Waals surface area contributed by atoms with Crippen LogP contribution in [0.1, 0.15) is 20.8 Å². The van der Waals surface area contributed by atoms with Gasteiger partial charge in [-0.05, 0) is 0 Å². The van der Waals surface area contributed by atoms with Crippen LogP contribution in [0, 0.1) is 0 Å². The van der Waals surface area contributed by atoms with Crippen molar-refractivity contribution in [2.75, 3.05) is 6.67 Å². The maximum Gasteiger partial charge on any atom is 0.303 e. The van der Waals surface area contributed by atoms with Crippen LogP contribution in [0.2, 0.25) is 0 Å². The van der Waals surface area contributed by atoms with E-state index in [1.807, 2.05) is 0 Å². The molecule has 0 aromatic rings. The Morgan fingerprint density at radius 2 is 1.38 bits per heavy atom. The second-order valence-electron chi connectivity index (χ2n) is 4.40. The lowest BCUT2D eigenvalue weighted by atomic mass is 10.00. The third-order valence-electron chi connectivity index (χ3n) is 2.64. The van der Waals surface area contributed by atoms with E-state index in [0.29, 0.717) is 0 Å². The largest absolute Gasteiger partial charge is 0.456 e. The molecule has 7 nitrogen and oxygen atoms in total. The zero-order chi connectivity index (χ0) is 16.2. The van der Waals surface area contributed by atoms with Crippen LogP contribution < -0.4 is 0 Å². The van der Waals surface area contributed by atoms with E-state index in [-0.39, 0.29) is 0 Å². The first-order valence-electron chi connectivity index (χ1n) is 6.13. The van der Waals surface area contributed by atoms with Gasteiger partial charge in [-0.1, -0.05) is 15.9 Å². The van der Waals surface area contributed by atoms with Gasteiger partial charge in [-0.2, -0.15) is 0 Å². The molecule has 0 aromatic heterocycles. The second kappa shape index (κ2) is 7.69. The fraction of sp³-hybridized carbons (Fsp3) is 0.750. The van der Waals surface area contributed by atoms with E-state index in [9.17, 15) is 18.8 Å². The molecule has 21 heavy (non-hydrogen) atoms. The maximum atomic E-state index is 13.1. The summed E-state index contributed by atoms with van der Waals surface area (Å²) in [7, 11) is 0. The zero-order valence-corrected chi connectivity index (χ0v) is 13.3. The molecular weight excluding hydrogens is 355 g/mol. The minimum Gasteiger partial charge on any atom is -0.456 e. The first kappa shape index (κ1) is 17.8. The van der Waals surface area contributed by atoms with E-state index in [1.165, 1.54) is 0 Å². The summed E-state index contributed by atoms with van der Waals surface area (Å²) in [6, 6.07) is 0. The van der Waals surface area contributed by atoms with E-state index in [1.54, 1.807) is 0 Å². The monoisotopic (exact) mass is 370 g/mol. The van der Waals surface area contributed by atoms with Gasteiger partial charge in [-0.15, -0.1) is 0 Å². The second-order valence-corrected chi connectivity index (χ2v) is 5.30. The first-order valence-corrected chi connectivity index (χ1v) is 7.05. The number of rotatable bonds is 4. The normalized spacial score (nSPS) is 32.1. The molecule has 1 aliphatic rings. The van der Waals surface area contributed by atoms with Gasteiger partial charge in [0.05, 0.1) is 0 Å². The summed E-state index contributed by atoms with van der Waals surface area (Å²) in [6.07, 6.45) is -4.60. The van der Waals surface area contributed by atoms with Crippen LogP contribution in [0.4, 0.5) is 4.39 Å². The fourth-order valence-electron chi connectivity index (χ4n) is 1.97. The number of alkyl halides is 2. The van der Waals surface area contributed by atoms with E-state index >= 15 is 0 Å². The number of hydrogen-bond donors (Lipinski definition) is 0. The molecule has 0 spiro atoms. The van der Waals surface area contributed by atoms with Crippen LogP contribution in [0.25, 0.3) is 0 Å². The van der Waals surface area contributed by atoms with Crippen LogP contribution in [0.15, 0.2) is 0 Å². The number of hydrogen-bond acceptors (Lipinski definition) is 7. The summed E-state index contributed by atoms with van der Waals surface area (Å²) in [5, 5.41) is -0.904. The summed E-state index contributed by atoms with van der Waals surface area (Å²) >= 11 is 3.09. The smallest absolute Gasteiger partial charge is 0.303 e. The maximum absolute atomic E-state index is 13.1.